The SMILES string of the molecule is CCn1cncc1CNc1cncnc1. The molecule has 0 aromatic carbocycles. The Hall–Kier alpha value is -1.91. The third-order valence-electron chi connectivity index (χ3n) is 2.17. The van der Waals surface area contributed by atoms with Crippen LogP contribution in [0.1, 0.15) is 12.6 Å². The number of hydrogen-bond donors (Lipinski definition) is 1. The van der Waals surface area contributed by atoms with Crippen LogP contribution in [0.25, 0.3) is 0 Å². The van der Waals surface area contributed by atoms with E-state index in [1.54, 1.807) is 12.4 Å². The Morgan fingerprint density at radius 2 is 2.00 bits per heavy atom. The lowest BCUT2D eigenvalue weighted by atomic mass is 10.4. The van der Waals surface area contributed by atoms with Crippen molar-refractivity contribution in [3.63, 3.8) is 0 Å². The summed E-state index contributed by atoms with van der Waals surface area (Å²) < 4.78 is 2.09. The van der Waals surface area contributed by atoms with E-state index in [1.807, 2.05) is 12.5 Å². The number of anilines is 1. The van der Waals surface area contributed by atoms with Crippen molar-refractivity contribution in [3.05, 3.63) is 36.9 Å². The van der Waals surface area contributed by atoms with Crippen LogP contribution < -0.4 is 5.32 Å². The van der Waals surface area contributed by atoms with Crippen LogP contribution in [0.15, 0.2) is 31.2 Å². The second-order valence-corrected chi connectivity index (χ2v) is 3.15. The van der Waals surface area contributed by atoms with Crippen molar-refractivity contribution in [3.8, 4) is 0 Å². The van der Waals surface area contributed by atoms with Gasteiger partial charge in [0.15, 0.2) is 0 Å². The first-order valence-electron chi connectivity index (χ1n) is 4.88. The molecule has 0 atom stereocenters. The predicted molar refractivity (Wildman–Crippen MR) is 57.3 cm³/mol. The van der Waals surface area contributed by atoms with E-state index in [2.05, 4.69) is 31.8 Å². The van der Waals surface area contributed by atoms with Crippen molar-refractivity contribution < 1.29 is 0 Å². The summed E-state index contributed by atoms with van der Waals surface area (Å²) in [5.41, 5.74) is 2.07. The van der Waals surface area contributed by atoms with Crippen LogP contribution in [0.2, 0.25) is 0 Å². The van der Waals surface area contributed by atoms with E-state index in [4.69, 9.17) is 0 Å². The second kappa shape index (κ2) is 4.54. The minimum Gasteiger partial charge on any atom is -0.377 e. The summed E-state index contributed by atoms with van der Waals surface area (Å²) in [6, 6.07) is 0. The average Bonchev–Trinajstić information content (AvgIpc) is 2.75. The number of hydrogen-bond acceptors (Lipinski definition) is 4. The molecule has 15 heavy (non-hydrogen) atoms. The van der Waals surface area contributed by atoms with Crippen LogP contribution in [0.4, 0.5) is 5.69 Å². The molecule has 0 radical (unpaired) electrons. The largest absolute Gasteiger partial charge is 0.377 e. The van der Waals surface area contributed by atoms with Gasteiger partial charge in [0.05, 0.1) is 36.6 Å². The number of rotatable bonds is 4. The molecule has 0 saturated heterocycles. The maximum Gasteiger partial charge on any atom is 0.115 e. The molecule has 0 aliphatic heterocycles. The molecule has 2 aromatic rings. The van der Waals surface area contributed by atoms with Gasteiger partial charge in [-0.1, -0.05) is 0 Å². The van der Waals surface area contributed by atoms with Crippen molar-refractivity contribution in [1.82, 2.24) is 19.5 Å². The highest BCUT2D eigenvalue weighted by molar-refractivity contribution is 5.37. The topological polar surface area (TPSA) is 55.6 Å². The van der Waals surface area contributed by atoms with Crippen LogP contribution >= 0.6 is 0 Å². The van der Waals surface area contributed by atoms with Gasteiger partial charge >= 0.3 is 0 Å². The van der Waals surface area contributed by atoms with Gasteiger partial charge in [-0.2, -0.15) is 0 Å². The van der Waals surface area contributed by atoms with E-state index >= 15 is 0 Å². The van der Waals surface area contributed by atoms with Crippen molar-refractivity contribution >= 4 is 5.69 Å². The van der Waals surface area contributed by atoms with Crippen molar-refractivity contribution in [2.45, 2.75) is 20.0 Å². The Bertz CT molecular complexity index is 409. The highest BCUT2D eigenvalue weighted by Crippen LogP contribution is 2.05. The van der Waals surface area contributed by atoms with Gasteiger partial charge in [-0.25, -0.2) is 15.0 Å². The lowest BCUT2D eigenvalue weighted by Crippen LogP contribution is -2.06. The molecule has 0 aliphatic rings. The molecular formula is C10H13N5. The Morgan fingerprint density at radius 3 is 2.73 bits per heavy atom. The van der Waals surface area contributed by atoms with Gasteiger partial charge in [-0.3, -0.25) is 0 Å². The first kappa shape index (κ1) is 9.64. The molecule has 0 unspecified atom stereocenters. The van der Waals surface area contributed by atoms with E-state index in [0.717, 1.165) is 24.5 Å². The average molecular weight is 203 g/mol. The molecule has 0 spiro atoms. The molecule has 1 N–H and O–H groups in total. The maximum absolute atomic E-state index is 4.10. The minimum atomic E-state index is 0.737. The Kier molecular flexibility index (Phi) is 2.92. The minimum absolute atomic E-state index is 0.737. The van der Waals surface area contributed by atoms with Crippen molar-refractivity contribution in [1.29, 1.82) is 0 Å². The molecule has 0 aliphatic carbocycles. The summed E-state index contributed by atoms with van der Waals surface area (Å²) in [5.74, 6) is 0. The van der Waals surface area contributed by atoms with Crippen LogP contribution in [0.5, 0.6) is 0 Å². The van der Waals surface area contributed by atoms with E-state index in [9.17, 15) is 0 Å². The van der Waals surface area contributed by atoms with Crippen LogP contribution in [0, 0.1) is 0 Å². The fourth-order valence-corrected chi connectivity index (χ4v) is 1.36. The van der Waals surface area contributed by atoms with Crippen LogP contribution in [0.3, 0.4) is 0 Å². The van der Waals surface area contributed by atoms with E-state index < -0.39 is 0 Å². The summed E-state index contributed by atoms with van der Waals surface area (Å²) in [5, 5.41) is 3.24. The van der Waals surface area contributed by atoms with Gasteiger partial charge < -0.3 is 9.88 Å². The molecule has 5 nitrogen and oxygen atoms in total. The summed E-state index contributed by atoms with van der Waals surface area (Å²) in [7, 11) is 0. The molecule has 2 rings (SSSR count). The van der Waals surface area contributed by atoms with Crippen LogP contribution in [-0.2, 0) is 13.1 Å². The molecular weight excluding hydrogens is 190 g/mol. The van der Waals surface area contributed by atoms with E-state index in [1.165, 1.54) is 6.33 Å². The molecule has 0 fully saturated rings. The first-order valence-corrected chi connectivity index (χ1v) is 4.88. The van der Waals surface area contributed by atoms with Crippen LogP contribution in [-0.4, -0.2) is 19.5 Å². The fraction of sp³-hybridized carbons (Fsp3) is 0.300. The molecule has 2 heterocycles. The third kappa shape index (κ3) is 2.31. The van der Waals surface area contributed by atoms with Crippen molar-refractivity contribution in [2.75, 3.05) is 5.32 Å². The monoisotopic (exact) mass is 203 g/mol. The fourth-order valence-electron chi connectivity index (χ4n) is 1.36. The summed E-state index contributed by atoms with van der Waals surface area (Å²) in [6.07, 6.45) is 8.71. The van der Waals surface area contributed by atoms with E-state index in [-0.39, 0.29) is 0 Å². The Labute approximate surface area is 88.2 Å². The van der Waals surface area contributed by atoms with E-state index in [0.29, 0.717) is 0 Å². The van der Waals surface area contributed by atoms with Gasteiger partial charge in [0, 0.05) is 12.7 Å². The molecule has 0 saturated carbocycles. The van der Waals surface area contributed by atoms with Gasteiger partial charge in [-0.15, -0.1) is 0 Å². The maximum atomic E-state index is 4.10. The zero-order valence-corrected chi connectivity index (χ0v) is 8.59. The highest BCUT2D eigenvalue weighted by atomic mass is 15.1. The van der Waals surface area contributed by atoms with Gasteiger partial charge in [-0.05, 0) is 6.92 Å². The number of nitrogens with zero attached hydrogens (tertiary/aromatic N) is 4. The standard InChI is InChI=1S/C10H13N5/c1-2-15-8-13-5-10(15)6-14-9-3-11-7-12-4-9/h3-5,7-8,14H,2,6H2,1H3. The summed E-state index contributed by atoms with van der Waals surface area (Å²) in [6.45, 7) is 3.76. The highest BCUT2D eigenvalue weighted by Gasteiger charge is 1.99. The quantitative estimate of drug-likeness (QED) is 0.813. The zero-order chi connectivity index (χ0) is 10.5. The Balaban J connectivity index is 1.99. The zero-order valence-electron chi connectivity index (χ0n) is 8.59. The molecule has 78 valence electrons. The molecule has 5 heteroatoms. The van der Waals surface area contributed by atoms with Gasteiger partial charge in [0.2, 0.25) is 0 Å². The Morgan fingerprint density at radius 1 is 1.20 bits per heavy atom. The molecule has 2 aromatic heterocycles. The number of aromatic nitrogens is 4. The normalized spacial score (nSPS) is 10.2. The molecule has 0 bridgehead atoms. The predicted octanol–water partition coefficient (Wildman–Crippen LogP) is 1.31. The smallest absolute Gasteiger partial charge is 0.115 e. The summed E-state index contributed by atoms with van der Waals surface area (Å²) >= 11 is 0. The number of imidazole rings is 1. The third-order valence-corrected chi connectivity index (χ3v) is 2.17. The lowest BCUT2D eigenvalue weighted by molar-refractivity contribution is 0.719. The second-order valence-electron chi connectivity index (χ2n) is 3.15. The summed E-state index contributed by atoms with van der Waals surface area (Å²) in [4.78, 5) is 12.0. The first-order chi connectivity index (χ1) is 7.40. The van der Waals surface area contributed by atoms with Gasteiger partial charge in [0.1, 0.15) is 6.33 Å². The number of aryl methyl sites for hydroxylation is 1. The lowest BCUT2D eigenvalue weighted by Gasteiger charge is -2.07. The van der Waals surface area contributed by atoms with Gasteiger partial charge in [0.25, 0.3) is 0 Å². The molecule has 0 amide bonds. The van der Waals surface area contributed by atoms with Crippen molar-refractivity contribution in [2.24, 2.45) is 0 Å². The number of nitrogens with one attached hydrogen (secondary N) is 1.